The highest BCUT2D eigenvalue weighted by atomic mass is 35.5. The molecule has 0 amide bonds. The summed E-state index contributed by atoms with van der Waals surface area (Å²) in [6.45, 7) is 5.11. The van der Waals surface area contributed by atoms with Crippen LogP contribution in [0.1, 0.15) is 31.7 Å². The van der Waals surface area contributed by atoms with Crippen molar-refractivity contribution >= 4 is 28.9 Å². The Morgan fingerprint density at radius 2 is 1.90 bits per heavy atom. The first-order valence-corrected chi connectivity index (χ1v) is 7.66. The lowest BCUT2D eigenvalue weighted by atomic mass is 10.2. The lowest BCUT2D eigenvalue weighted by Crippen LogP contribution is -2.04. The van der Waals surface area contributed by atoms with Gasteiger partial charge in [-0.05, 0) is 31.0 Å². The Morgan fingerprint density at radius 3 is 2.67 bits per heavy atom. The fourth-order valence-corrected chi connectivity index (χ4v) is 2.11. The molecule has 5 heteroatoms. The SMILES string of the molecule is CCCCCNc1cc(Nc2ccc(C)c(Cl)c2)ncn1. The summed E-state index contributed by atoms with van der Waals surface area (Å²) in [6.07, 6.45) is 5.15. The van der Waals surface area contributed by atoms with E-state index >= 15 is 0 Å². The summed E-state index contributed by atoms with van der Waals surface area (Å²) < 4.78 is 0. The number of aryl methyl sites for hydroxylation is 1. The quantitative estimate of drug-likeness (QED) is 0.722. The smallest absolute Gasteiger partial charge is 0.135 e. The van der Waals surface area contributed by atoms with Crippen molar-refractivity contribution in [2.75, 3.05) is 17.2 Å². The highest BCUT2D eigenvalue weighted by Crippen LogP contribution is 2.22. The number of hydrogen-bond donors (Lipinski definition) is 2. The molecule has 1 aromatic heterocycles. The van der Waals surface area contributed by atoms with Crippen LogP contribution >= 0.6 is 11.6 Å². The van der Waals surface area contributed by atoms with Crippen molar-refractivity contribution in [1.29, 1.82) is 0 Å². The van der Waals surface area contributed by atoms with E-state index in [9.17, 15) is 0 Å². The van der Waals surface area contributed by atoms with E-state index in [0.29, 0.717) is 0 Å². The largest absolute Gasteiger partial charge is 0.370 e. The number of halogens is 1. The maximum Gasteiger partial charge on any atom is 0.135 e. The van der Waals surface area contributed by atoms with Crippen LogP contribution in [-0.2, 0) is 0 Å². The summed E-state index contributed by atoms with van der Waals surface area (Å²) in [6, 6.07) is 7.76. The van der Waals surface area contributed by atoms with Crippen LogP contribution in [0.25, 0.3) is 0 Å². The molecule has 21 heavy (non-hydrogen) atoms. The minimum atomic E-state index is 0.743. The second kappa shape index (κ2) is 7.84. The molecule has 0 saturated heterocycles. The minimum Gasteiger partial charge on any atom is -0.370 e. The van der Waals surface area contributed by atoms with Crippen LogP contribution in [0, 0.1) is 6.92 Å². The molecule has 0 fully saturated rings. The standard InChI is InChI=1S/C16H21ClN4/c1-3-4-5-8-18-15-10-16(20-11-19-15)21-13-7-6-12(2)14(17)9-13/h6-7,9-11H,3-5,8H2,1-2H3,(H2,18,19,20,21). The average molecular weight is 305 g/mol. The molecule has 2 N–H and O–H groups in total. The zero-order valence-electron chi connectivity index (χ0n) is 12.5. The normalized spacial score (nSPS) is 10.4. The van der Waals surface area contributed by atoms with Gasteiger partial charge in [-0.3, -0.25) is 0 Å². The first-order chi connectivity index (χ1) is 10.2. The predicted octanol–water partition coefficient (Wildman–Crippen LogP) is 4.78. The molecule has 0 aliphatic rings. The first-order valence-electron chi connectivity index (χ1n) is 7.28. The molecule has 2 rings (SSSR count). The lowest BCUT2D eigenvalue weighted by molar-refractivity contribution is 0.742. The summed E-state index contributed by atoms with van der Waals surface area (Å²) in [5.41, 5.74) is 1.98. The maximum absolute atomic E-state index is 6.12. The molecule has 0 bridgehead atoms. The third kappa shape index (κ3) is 4.90. The zero-order chi connectivity index (χ0) is 15.1. The topological polar surface area (TPSA) is 49.8 Å². The van der Waals surface area contributed by atoms with Crippen molar-refractivity contribution in [2.45, 2.75) is 33.1 Å². The van der Waals surface area contributed by atoms with Gasteiger partial charge in [-0.2, -0.15) is 0 Å². The third-order valence-corrected chi connectivity index (χ3v) is 3.60. The zero-order valence-corrected chi connectivity index (χ0v) is 13.2. The van der Waals surface area contributed by atoms with Crippen molar-refractivity contribution in [3.8, 4) is 0 Å². The van der Waals surface area contributed by atoms with E-state index in [2.05, 4.69) is 27.5 Å². The number of nitrogens with zero attached hydrogens (tertiary/aromatic N) is 2. The maximum atomic E-state index is 6.12. The molecular formula is C16H21ClN4. The number of aromatic nitrogens is 2. The molecule has 0 radical (unpaired) electrons. The molecule has 112 valence electrons. The molecule has 4 nitrogen and oxygen atoms in total. The number of hydrogen-bond acceptors (Lipinski definition) is 4. The minimum absolute atomic E-state index is 0.743. The molecule has 0 spiro atoms. The van der Waals surface area contributed by atoms with Crippen molar-refractivity contribution in [1.82, 2.24) is 9.97 Å². The van der Waals surface area contributed by atoms with Crippen molar-refractivity contribution in [3.63, 3.8) is 0 Å². The average Bonchev–Trinajstić information content (AvgIpc) is 2.48. The van der Waals surface area contributed by atoms with Gasteiger partial charge in [0.2, 0.25) is 0 Å². The molecule has 0 atom stereocenters. The van der Waals surface area contributed by atoms with Crippen LogP contribution in [0.4, 0.5) is 17.3 Å². The van der Waals surface area contributed by atoms with Gasteiger partial charge < -0.3 is 10.6 Å². The number of rotatable bonds is 7. The molecule has 1 aromatic carbocycles. The van der Waals surface area contributed by atoms with Crippen molar-refractivity contribution < 1.29 is 0 Å². The fourth-order valence-electron chi connectivity index (χ4n) is 1.93. The van der Waals surface area contributed by atoms with Gasteiger partial charge in [0.25, 0.3) is 0 Å². The summed E-state index contributed by atoms with van der Waals surface area (Å²) in [4.78, 5) is 8.45. The molecule has 1 heterocycles. The van der Waals surface area contributed by atoms with Crippen molar-refractivity contribution in [3.05, 3.63) is 41.2 Å². The van der Waals surface area contributed by atoms with E-state index in [1.165, 1.54) is 12.8 Å². The van der Waals surface area contributed by atoms with Gasteiger partial charge in [0, 0.05) is 23.3 Å². The Balaban J connectivity index is 1.98. The Kier molecular flexibility index (Phi) is 5.81. The number of anilines is 3. The summed E-state index contributed by atoms with van der Waals surface area (Å²) in [5, 5.41) is 7.29. The van der Waals surface area contributed by atoms with E-state index in [1.807, 2.05) is 31.2 Å². The molecule has 0 aliphatic heterocycles. The third-order valence-electron chi connectivity index (χ3n) is 3.20. The molecule has 2 aromatic rings. The predicted molar refractivity (Wildman–Crippen MR) is 89.5 cm³/mol. The fraction of sp³-hybridized carbons (Fsp3) is 0.375. The molecule has 0 saturated carbocycles. The lowest BCUT2D eigenvalue weighted by Gasteiger charge is -2.09. The van der Waals surface area contributed by atoms with Gasteiger partial charge in [0.1, 0.15) is 18.0 Å². The van der Waals surface area contributed by atoms with Crippen LogP contribution in [0.5, 0.6) is 0 Å². The number of unbranched alkanes of at least 4 members (excludes halogenated alkanes) is 2. The van der Waals surface area contributed by atoms with Crippen LogP contribution in [-0.4, -0.2) is 16.5 Å². The van der Waals surface area contributed by atoms with Gasteiger partial charge in [0.05, 0.1) is 0 Å². The van der Waals surface area contributed by atoms with E-state index in [-0.39, 0.29) is 0 Å². The van der Waals surface area contributed by atoms with Crippen LogP contribution < -0.4 is 10.6 Å². The van der Waals surface area contributed by atoms with Crippen LogP contribution in [0.15, 0.2) is 30.6 Å². The Hall–Kier alpha value is -1.81. The first kappa shape index (κ1) is 15.6. The second-order valence-electron chi connectivity index (χ2n) is 5.01. The van der Waals surface area contributed by atoms with E-state index in [4.69, 9.17) is 11.6 Å². The number of benzene rings is 1. The van der Waals surface area contributed by atoms with Gasteiger partial charge in [0.15, 0.2) is 0 Å². The molecule has 0 unspecified atom stereocenters. The van der Waals surface area contributed by atoms with Gasteiger partial charge in [-0.1, -0.05) is 37.4 Å². The Bertz CT molecular complexity index is 586. The number of nitrogens with one attached hydrogen (secondary N) is 2. The summed E-state index contributed by atoms with van der Waals surface area (Å²) in [7, 11) is 0. The summed E-state index contributed by atoms with van der Waals surface area (Å²) in [5.74, 6) is 1.59. The molecular weight excluding hydrogens is 284 g/mol. The molecule has 0 aliphatic carbocycles. The highest BCUT2D eigenvalue weighted by Gasteiger charge is 2.01. The van der Waals surface area contributed by atoms with Gasteiger partial charge >= 0.3 is 0 Å². The summed E-state index contributed by atoms with van der Waals surface area (Å²) >= 11 is 6.12. The van der Waals surface area contributed by atoms with E-state index < -0.39 is 0 Å². The highest BCUT2D eigenvalue weighted by molar-refractivity contribution is 6.31. The Labute approximate surface area is 131 Å². The Morgan fingerprint density at radius 1 is 1.10 bits per heavy atom. The second-order valence-corrected chi connectivity index (χ2v) is 5.42. The van der Waals surface area contributed by atoms with Crippen LogP contribution in [0.3, 0.4) is 0 Å². The van der Waals surface area contributed by atoms with Crippen molar-refractivity contribution in [2.24, 2.45) is 0 Å². The van der Waals surface area contributed by atoms with E-state index in [1.54, 1.807) is 6.33 Å². The van der Waals surface area contributed by atoms with E-state index in [0.717, 1.165) is 40.9 Å². The van der Waals surface area contributed by atoms with Gasteiger partial charge in [-0.15, -0.1) is 0 Å². The monoisotopic (exact) mass is 304 g/mol. The van der Waals surface area contributed by atoms with Crippen LogP contribution in [0.2, 0.25) is 5.02 Å². The van der Waals surface area contributed by atoms with Gasteiger partial charge in [-0.25, -0.2) is 9.97 Å².